The molecule has 5 rings (SSSR count). The first-order chi connectivity index (χ1) is 14.6. The Bertz CT molecular complexity index is 1280. The number of carbonyl (C=O) groups is 1. The molecule has 2 aliphatic heterocycles. The number of halogens is 1. The van der Waals surface area contributed by atoms with E-state index in [0.717, 1.165) is 11.1 Å². The van der Waals surface area contributed by atoms with Crippen LogP contribution in [0.3, 0.4) is 0 Å². The van der Waals surface area contributed by atoms with Gasteiger partial charge in [0.15, 0.2) is 5.84 Å². The standard InChI is InChI=1S/C22H13ClN4O2S/c23-17-9-5-4-8-15(17)21-26-27-19(24)16(20(28)25-22(27)30-21)12-14-10-11-18(29-14)13-6-2-1-3-7-13/h1-12,24H/b16-12+,24-19?. The fourth-order valence-electron chi connectivity index (χ4n) is 3.07. The number of rotatable bonds is 3. The summed E-state index contributed by atoms with van der Waals surface area (Å²) < 4.78 is 5.84. The van der Waals surface area contributed by atoms with Gasteiger partial charge in [0.05, 0.1) is 10.6 Å². The predicted molar refractivity (Wildman–Crippen MR) is 120 cm³/mol. The van der Waals surface area contributed by atoms with Crippen LogP contribution in [0.25, 0.3) is 17.4 Å². The van der Waals surface area contributed by atoms with Crippen molar-refractivity contribution in [3.05, 3.63) is 88.6 Å². The number of hydrogen-bond donors (Lipinski definition) is 1. The number of furan rings is 1. The Labute approximate surface area is 181 Å². The second-order valence-corrected chi connectivity index (χ2v) is 7.84. The van der Waals surface area contributed by atoms with Crippen LogP contribution < -0.4 is 0 Å². The molecule has 0 spiro atoms. The van der Waals surface area contributed by atoms with E-state index in [2.05, 4.69) is 10.1 Å². The Hall–Kier alpha value is -3.42. The molecular weight excluding hydrogens is 420 g/mol. The monoisotopic (exact) mass is 432 g/mol. The zero-order valence-electron chi connectivity index (χ0n) is 15.4. The first-order valence-corrected chi connectivity index (χ1v) is 10.2. The van der Waals surface area contributed by atoms with E-state index in [4.69, 9.17) is 21.4 Å². The molecule has 0 unspecified atom stereocenters. The number of hydrazone groups is 1. The topological polar surface area (TPSA) is 82.0 Å². The third-order valence-electron chi connectivity index (χ3n) is 4.53. The average molecular weight is 433 g/mol. The van der Waals surface area contributed by atoms with Gasteiger partial charge in [0.2, 0.25) is 5.17 Å². The number of amides is 1. The van der Waals surface area contributed by atoms with Gasteiger partial charge < -0.3 is 4.42 Å². The third-order valence-corrected chi connectivity index (χ3v) is 5.80. The molecule has 0 saturated carbocycles. The van der Waals surface area contributed by atoms with Crippen molar-refractivity contribution < 1.29 is 9.21 Å². The van der Waals surface area contributed by atoms with Crippen LogP contribution in [0, 0.1) is 5.41 Å². The fourth-order valence-corrected chi connectivity index (χ4v) is 4.28. The number of fused-ring (bicyclic) bond motifs is 1. The lowest BCUT2D eigenvalue weighted by molar-refractivity contribution is -0.114. The van der Waals surface area contributed by atoms with Crippen LogP contribution in [0.15, 0.2) is 86.8 Å². The van der Waals surface area contributed by atoms with Crippen molar-refractivity contribution in [2.45, 2.75) is 0 Å². The summed E-state index contributed by atoms with van der Waals surface area (Å²) in [5.41, 5.74) is 1.76. The minimum Gasteiger partial charge on any atom is -0.457 e. The van der Waals surface area contributed by atoms with Gasteiger partial charge in [-0.25, -0.2) is 0 Å². The number of hydrogen-bond acceptors (Lipinski definition) is 5. The summed E-state index contributed by atoms with van der Waals surface area (Å²) in [4.78, 5) is 16.7. The van der Waals surface area contributed by atoms with E-state index in [0.29, 0.717) is 26.8 Å². The molecule has 8 heteroatoms. The summed E-state index contributed by atoms with van der Waals surface area (Å²) in [5.74, 6) is 0.573. The maximum absolute atomic E-state index is 12.6. The van der Waals surface area contributed by atoms with Gasteiger partial charge in [0.25, 0.3) is 5.91 Å². The van der Waals surface area contributed by atoms with Gasteiger partial charge >= 0.3 is 0 Å². The normalized spacial score (nSPS) is 17.2. The maximum Gasteiger partial charge on any atom is 0.283 e. The van der Waals surface area contributed by atoms with E-state index in [-0.39, 0.29) is 11.4 Å². The minimum absolute atomic E-state index is 0.0581. The first-order valence-electron chi connectivity index (χ1n) is 9.00. The second kappa shape index (κ2) is 7.44. The van der Waals surface area contributed by atoms with E-state index in [1.165, 1.54) is 22.8 Å². The Kier molecular flexibility index (Phi) is 4.61. The van der Waals surface area contributed by atoms with Gasteiger partial charge in [-0.05, 0) is 36.0 Å². The number of carbonyl (C=O) groups excluding carboxylic acids is 1. The van der Waals surface area contributed by atoms with Crippen molar-refractivity contribution in [1.29, 1.82) is 5.41 Å². The maximum atomic E-state index is 12.6. The van der Waals surface area contributed by atoms with Crippen LogP contribution in [0.5, 0.6) is 0 Å². The summed E-state index contributed by atoms with van der Waals surface area (Å²) in [6.07, 6.45) is 1.52. The van der Waals surface area contributed by atoms with Crippen LogP contribution in [0.1, 0.15) is 11.3 Å². The zero-order chi connectivity index (χ0) is 20.7. The summed E-state index contributed by atoms with van der Waals surface area (Å²) in [5, 5.41) is 15.8. The number of thioether (sulfide) groups is 1. The Balaban J connectivity index is 1.46. The Morgan fingerprint density at radius 2 is 1.80 bits per heavy atom. The molecular formula is C22H13ClN4O2S. The second-order valence-electron chi connectivity index (χ2n) is 6.47. The SMILES string of the molecule is N=C1/C(=C\c2ccc(-c3ccccc3)o2)C(=O)N=C2SC(c3ccccc3Cl)=NN12. The highest BCUT2D eigenvalue weighted by Gasteiger charge is 2.36. The third kappa shape index (κ3) is 3.28. The van der Waals surface area contributed by atoms with Gasteiger partial charge in [-0.3, -0.25) is 10.2 Å². The quantitative estimate of drug-likeness (QED) is 0.572. The van der Waals surface area contributed by atoms with Crippen molar-refractivity contribution in [3.8, 4) is 11.3 Å². The van der Waals surface area contributed by atoms with E-state index in [1.807, 2.05) is 54.6 Å². The number of benzene rings is 2. The molecule has 0 bridgehead atoms. The molecule has 146 valence electrons. The van der Waals surface area contributed by atoms with Crippen LogP contribution >= 0.6 is 23.4 Å². The van der Waals surface area contributed by atoms with E-state index >= 15 is 0 Å². The predicted octanol–water partition coefficient (Wildman–Crippen LogP) is 5.27. The zero-order valence-corrected chi connectivity index (χ0v) is 16.9. The lowest BCUT2D eigenvalue weighted by atomic mass is 10.1. The summed E-state index contributed by atoms with van der Waals surface area (Å²) in [6, 6.07) is 20.5. The molecule has 0 aliphatic carbocycles. The highest BCUT2D eigenvalue weighted by molar-refractivity contribution is 8.27. The molecule has 1 aromatic heterocycles. The molecule has 3 aromatic rings. The number of nitrogens with zero attached hydrogens (tertiary/aromatic N) is 3. The molecule has 0 fully saturated rings. The molecule has 0 atom stereocenters. The largest absolute Gasteiger partial charge is 0.457 e. The van der Waals surface area contributed by atoms with Gasteiger partial charge in [0.1, 0.15) is 16.6 Å². The van der Waals surface area contributed by atoms with Crippen molar-refractivity contribution in [2.24, 2.45) is 10.1 Å². The molecule has 0 saturated heterocycles. The molecule has 0 radical (unpaired) electrons. The summed E-state index contributed by atoms with van der Waals surface area (Å²) in [7, 11) is 0. The number of amidine groups is 2. The fraction of sp³-hybridized carbons (Fsp3) is 0. The highest BCUT2D eigenvalue weighted by atomic mass is 35.5. The molecule has 2 aromatic carbocycles. The lowest BCUT2D eigenvalue weighted by Crippen LogP contribution is -2.35. The van der Waals surface area contributed by atoms with E-state index in [1.54, 1.807) is 12.1 Å². The molecule has 30 heavy (non-hydrogen) atoms. The van der Waals surface area contributed by atoms with Crippen LogP contribution in [-0.4, -0.2) is 27.0 Å². The van der Waals surface area contributed by atoms with Crippen molar-refractivity contribution in [1.82, 2.24) is 5.01 Å². The van der Waals surface area contributed by atoms with Crippen LogP contribution in [0.2, 0.25) is 5.02 Å². The molecule has 1 amide bonds. The molecule has 3 heterocycles. The van der Waals surface area contributed by atoms with Gasteiger partial charge in [0, 0.05) is 11.1 Å². The van der Waals surface area contributed by atoms with Gasteiger partial charge in [-0.2, -0.15) is 15.1 Å². The van der Waals surface area contributed by atoms with Crippen molar-refractivity contribution in [2.75, 3.05) is 0 Å². The van der Waals surface area contributed by atoms with Crippen molar-refractivity contribution >= 4 is 51.4 Å². The number of nitrogens with one attached hydrogen (secondary N) is 1. The highest BCUT2D eigenvalue weighted by Crippen LogP contribution is 2.33. The van der Waals surface area contributed by atoms with E-state index in [9.17, 15) is 4.79 Å². The van der Waals surface area contributed by atoms with Gasteiger partial charge in [-0.15, -0.1) is 0 Å². The Morgan fingerprint density at radius 1 is 1.03 bits per heavy atom. The molecule has 2 aliphatic rings. The van der Waals surface area contributed by atoms with Crippen molar-refractivity contribution in [3.63, 3.8) is 0 Å². The minimum atomic E-state index is -0.507. The number of aliphatic imine (C=N–C) groups is 1. The van der Waals surface area contributed by atoms with Crippen LogP contribution in [-0.2, 0) is 4.79 Å². The average Bonchev–Trinajstić information content (AvgIpc) is 3.39. The summed E-state index contributed by atoms with van der Waals surface area (Å²) >= 11 is 7.47. The van der Waals surface area contributed by atoms with Crippen LogP contribution in [0.4, 0.5) is 0 Å². The van der Waals surface area contributed by atoms with Gasteiger partial charge in [-0.1, -0.05) is 60.1 Å². The van der Waals surface area contributed by atoms with E-state index < -0.39 is 5.91 Å². The smallest absolute Gasteiger partial charge is 0.283 e. The lowest BCUT2D eigenvalue weighted by Gasteiger charge is -2.19. The molecule has 6 nitrogen and oxygen atoms in total. The Morgan fingerprint density at radius 3 is 2.60 bits per heavy atom. The first kappa shape index (κ1) is 18.6. The summed E-state index contributed by atoms with van der Waals surface area (Å²) in [6.45, 7) is 0. The molecule has 1 N–H and O–H groups in total.